The van der Waals surface area contributed by atoms with Gasteiger partial charge in [0.15, 0.2) is 0 Å². The molecular weight excluding hydrogens is 406 g/mol. The van der Waals surface area contributed by atoms with Gasteiger partial charge in [0, 0.05) is 28.8 Å². The molecule has 0 aliphatic carbocycles. The zero-order valence-electron chi connectivity index (χ0n) is 15.3. The summed E-state index contributed by atoms with van der Waals surface area (Å²) in [5.74, 6) is 0.655. The monoisotopic (exact) mass is 423 g/mol. The van der Waals surface area contributed by atoms with Gasteiger partial charge in [0.2, 0.25) is 10.0 Å². The van der Waals surface area contributed by atoms with Crippen molar-refractivity contribution in [2.45, 2.75) is 11.4 Å². The third-order valence-electron chi connectivity index (χ3n) is 4.46. The highest BCUT2D eigenvalue weighted by Gasteiger charge is 2.13. The Bertz CT molecular complexity index is 1240. The van der Waals surface area contributed by atoms with Crippen LogP contribution in [0.15, 0.2) is 90.0 Å². The topological polar surface area (TPSA) is 71.1 Å². The fourth-order valence-electron chi connectivity index (χ4n) is 2.95. The van der Waals surface area contributed by atoms with Crippen molar-refractivity contribution in [1.82, 2.24) is 9.71 Å². The molecule has 0 atom stereocenters. The minimum Gasteiger partial charge on any atom is -0.340 e. The average Bonchev–Trinajstić information content (AvgIpc) is 2.74. The first-order valence-electron chi connectivity index (χ1n) is 8.96. The van der Waals surface area contributed by atoms with E-state index in [9.17, 15) is 8.42 Å². The molecule has 0 saturated heterocycles. The van der Waals surface area contributed by atoms with Gasteiger partial charge in [-0.2, -0.15) is 0 Å². The summed E-state index contributed by atoms with van der Waals surface area (Å²) in [5.41, 5.74) is 1.63. The van der Waals surface area contributed by atoms with Crippen molar-refractivity contribution in [2.75, 3.05) is 5.32 Å². The van der Waals surface area contributed by atoms with E-state index in [-0.39, 0.29) is 11.4 Å². The molecule has 0 bridgehead atoms. The van der Waals surface area contributed by atoms with Gasteiger partial charge in [-0.3, -0.25) is 0 Å². The highest BCUT2D eigenvalue weighted by atomic mass is 35.5. The average molecular weight is 424 g/mol. The summed E-state index contributed by atoms with van der Waals surface area (Å²) >= 11 is 6.11. The Balaban J connectivity index is 1.51. The molecule has 0 spiro atoms. The number of rotatable bonds is 6. The lowest BCUT2D eigenvalue weighted by molar-refractivity contribution is 0.581. The van der Waals surface area contributed by atoms with Crippen molar-refractivity contribution in [3.05, 3.63) is 95.6 Å². The Kier molecular flexibility index (Phi) is 5.49. The van der Waals surface area contributed by atoms with Crippen molar-refractivity contribution in [3.8, 4) is 0 Å². The summed E-state index contributed by atoms with van der Waals surface area (Å²) in [6.07, 6.45) is 1.71. The van der Waals surface area contributed by atoms with Gasteiger partial charge in [-0.1, -0.05) is 48.0 Å². The van der Waals surface area contributed by atoms with E-state index in [2.05, 4.69) is 15.0 Å². The van der Waals surface area contributed by atoms with E-state index in [1.807, 2.05) is 54.6 Å². The molecule has 0 fully saturated rings. The molecule has 0 amide bonds. The van der Waals surface area contributed by atoms with Crippen LogP contribution in [0, 0.1) is 0 Å². The minimum atomic E-state index is -3.60. The van der Waals surface area contributed by atoms with Crippen LogP contribution in [0.2, 0.25) is 5.02 Å². The van der Waals surface area contributed by atoms with E-state index in [0.717, 1.165) is 22.0 Å². The number of anilines is 2. The van der Waals surface area contributed by atoms with Crippen LogP contribution in [0.25, 0.3) is 10.8 Å². The largest absolute Gasteiger partial charge is 0.340 e. The molecule has 4 aromatic rings. The number of hydrogen-bond donors (Lipinski definition) is 2. The van der Waals surface area contributed by atoms with E-state index >= 15 is 0 Å². The second-order valence-electron chi connectivity index (χ2n) is 6.48. The third kappa shape index (κ3) is 4.56. The van der Waals surface area contributed by atoms with Crippen LogP contribution in [-0.2, 0) is 16.6 Å². The van der Waals surface area contributed by atoms with E-state index in [1.54, 1.807) is 30.5 Å². The molecule has 0 aliphatic rings. The van der Waals surface area contributed by atoms with Crippen LogP contribution in [0.3, 0.4) is 0 Å². The zero-order valence-corrected chi connectivity index (χ0v) is 16.9. The highest BCUT2D eigenvalue weighted by molar-refractivity contribution is 7.89. The lowest BCUT2D eigenvalue weighted by Crippen LogP contribution is -2.23. The van der Waals surface area contributed by atoms with Crippen LogP contribution in [0.5, 0.6) is 0 Å². The number of nitrogens with zero attached hydrogens (tertiary/aromatic N) is 1. The van der Waals surface area contributed by atoms with Gasteiger partial charge >= 0.3 is 0 Å². The molecule has 2 N–H and O–H groups in total. The Hall–Kier alpha value is -2.93. The van der Waals surface area contributed by atoms with E-state index in [1.165, 1.54) is 0 Å². The Morgan fingerprint density at radius 3 is 2.41 bits per heavy atom. The molecule has 0 aliphatic heterocycles. The summed E-state index contributed by atoms with van der Waals surface area (Å²) in [6, 6.07) is 23.4. The van der Waals surface area contributed by atoms with Crippen molar-refractivity contribution in [2.24, 2.45) is 0 Å². The maximum atomic E-state index is 12.5. The normalized spacial score (nSPS) is 11.5. The summed E-state index contributed by atoms with van der Waals surface area (Å²) in [6.45, 7) is 0.240. The molecule has 29 heavy (non-hydrogen) atoms. The van der Waals surface area contributed by atoms with Crippen molar-refractivity contribution >= 4 is 43.9 Å². The standard InChI is InChI=1S/C22H18ClN3O2S/c23-18-7-6-17-12-13-24-22(21(17)14-18)26-19-8-10-20(11-9-19)29(27,28)25-15-16-4-2-1-3-5-16/h1-14,25H,15H2,(H,24,26). The molecule has 1 heterocycles. The first-order valence-corrected chi connectivity index (χ1v) is 10.8. The van der Waals surface area contributed by atoms with Gasteiger partial charge in [-0.05, 0) is 53.4 Å². The van der Waals surface area contributed by atoms with Crippen LogP contribution < -0.4 is 10.0 Å². The summed E-state index contributed by atoms with van der Waals surface area (Å²) in [7, 11) is -3.60. The number of aromatic nitrogens is 1. The van der Waals surface area contributed by atoms with Crippen LogP contribution >= 0.6 is 11.6 Å². The second-order valence-corrected chi connectivity index (χ2v) is 8.69. The fourth-order valence-corrected chi connectivity index (χ4v) is 4.14. The molecule has 7 heteroatoms. The Labute approximate surface area is 174 Å². The minimum absolute atomic E-state index is 0.202. The summed E-state index contributed by atoms with van der Waals surface area (Å²) in [5, 5.41) is 5.75. The number of pyridine rings is 1. The predicted octanol–water partition coefficient (Wildman–Crippen LogP) is 5.11. The van der Waals surface area contributed by atoms with Crippen molar-refractivity contribution < 1.29 is 8.42 Å². The lowest BCUT2D eigenvalue weighted by Gasteiger charge is -2.11. The molecule has 3 aromatic carbocycles. The number of hydrogen-bond acceptors (Lipinski definition) is 4. The Morgan fingerprint density at radius 1 is 0.897 bits per heavy atom. The van der Waals surface area contributed by atoms with E-state index < -0.39 is 10.0 Å². The smallest absolute Gasteiger partial charge is 0.240 e. The first kappa shape index (κ1) is 19.4. The molecule has 0 unspecified atom stereocenters. The quantitative estimate of drug-likeness (QED) is 0.452. The molecule has 0 radical (unpaired) electrons. The number of fused-ring (bicyclic) bond motifs is 1. The molecular formula is C22H18ClN3O2S. The van der Waals surface area contributed by atoms with Crippen LogP contribution in [0.4, 0.5) is 11.5 Å². The predicted molar refractivity (Wildman–Crippen MR) is 117 cm³/mol. The van der Waals surface area contributed by atoms with Gasteiger partial charge in [-0.15, -0.1) is 0 Å². The first-order chi connectivity index (χ1) is 14.0. The SMILES string of the molecule is O=S(=O)(NCc1ccccc1)c1ccc(Nc2nccc3ccc(Cl)cc23)cc1. The van der Waals surface area contributed by atoms with E-state index in [4.69, 9.17) is 11.6 Å². The molecule has 146 valence electrons. The van der Waals surface area contributed by atoms with Crippen LogP contribution in [-0.4, -0.2) is 13.4 Å². The van der Waals surface area contributed by atoms with Crippen LogP contribution in [0.1, 0.15) is 5.56 Å². The lowest BCUT2D eigenvalue weighted by atomic mass is 10.1. The van der Waals surface area contributed by atoms with Crippen molar-refractivity contribution in [3.63, 3.8) is 0 Å². The van der Waals surface area contributed by atoms with E-state index in [0.29, 0.717) is 10.8 Å². The number of nitrogens with one attached hydrogen (secondary N) is 2. The van der Waals surface area contributed by atoms with Gasteiger partial charge in [0.1, 0.15) is 5.82 Å². The van der Waals surface area contributed by atoms with Crippen molar-refractivity contribution in [1.29, 1.82) is 0 Å². The summed E-state index contributed by atoms with van der Waals surface area (Å²) in [4.78, 5) is 4.58. The van der Waals surface area contributed by atoms with Gasteiger partial charge < -0.3 is 5.32 Å². The number of sulfonamides is 1. The van der Waals surface area contributed by atoms with Gasteiger partial charge in [0.05, 0.1) is 4.90 Å². The Morgan fingerprint density at radius 2 is 1.66 bits per heavy atom. The van der Waals surface area contributed by atoms with Gasteiger partial charge in [-0.25, -0.2) is 18.1 Å². The molecule has 1 aromatic heterocycles. The highest BCUT2D eigenvalue weighted by Crippen LogP contribution is 2.27. The molecule has 5 nitrogen and oxygen atoms in total. The third-order valence-corrected chi connectivity index (χ3v) is 6.12. The number of benzene rings is 3. The number of halogens is 1. The fraction of sp³-hybridized carbons (Fsp3) is 0.0455. The molecule has 4 rings (SSSR count). The second kappa shape index (κ2) is 8.21. The maximum absolute atomic E-state index is 12.5. The summed E-state index contributed by atoms with van der Waals surface area (Å²) < 4.78 is 27.7. The van der Waals surface area contributed by atoms with Gasteiger partial charge in [0.25, 0.3) is 0 Å². The zero-order chi connectivity index (χ0) is 20.3. The maximum Gasteiger partial charge on any atom is 0.240 e. The molecule has 0 saturated carbocycles.